The van der Waals surface area contributed by atoms with Gasteiger partial charge in [-0.3, -0.25) is 4.79 Å². The molecule has 0 bridgehead atoms. The minimum absolute atomic E-state index is 0.0535. The number of benzene rings is 1. The molecule has 0 spiro atoms. The molecule has 1 aliphatic rings. The largest absolute Gasteiger partial charge is 0.399 e. The molecule has 5 heteroatoms. The smallest absolute Gasteiger partial charge is 0.242 e. The molecule has 0 fully saturated rings. The van der Waals surface area contributed by atoms with Crippen molar-refractivity contribution in [3.05, 3.63) is 18.2 Å². The summed E-state index contributed by atoms with van der Waals surface area (Å²) in [6.07, 6.45) is 0. The zero-order valence-electron chi connectivity index (χ0n) is 12.6. The van der Waals surface area contributed by atoms with Crippen LogP contribution in [0, 0.1) is 0 Å². The zero-order valence-corrected chi connectivity index (χ0v) is 13.4. The number of amides is 1. The molecule has 1 aromatic carbocycles. The summed E-state index contributed by atoms with van der Waals surface area (Å²) in [6, 6.07) is 5.71. The van der Waals surface area contributed by atoms with Crippen LogP contribution in [-0.4, -0.2) is 29.8 Å². The quantitative estimate of drug-likeness (QED) is 0.823. The Morgan fingerprint density at radius 1 is 1.45 bits per heavy atom. The van der Waals surface area contributed by atoms with Gasteiger partial charge in [-0.25, -0.2) is 0 Å². The van der Waals surface area contributed by atoms with Crippen molar-refractivity contribution in [1.29, 1.82) is 0 Å². The Balaban J connectivity index is 2.22. The van der Waals surface area contributed by atoms with Crippen molar-refractivity contribution < 1.29 is 4.79 Å². The summed E-state index contributed by atoms with van der Waals surface area (Å²) in [6.45, 7) is 8.80. The predicted octanol–water partition coefficient (Wildman–Crippen LogP) is 2.48. The van der Waals surface area contributed by atoms with Gasteiger partial charge in [-0.2, -0.15) is 0 Å². The van der Waals surface area contributed by atoms with Gasteiger partial charge in [0.1, 0.15) is 6.04 Å². The second-order valence-corrected chi connectivity index (χ2v) is 7.32. The summed E-state index contributed by atoms with van der Waals surface area (Å²) in [5.41, 5.74) is 7.47. The summed E-state index contributed by atoms with van der Waals surface area (Å²) >= 11 is 1.81. The lowest BCUT2D eigenvalue weighted by Gasteiger charge is -2.36. The Morgan fingerprint density at radius 3 is 2.80 bits per heavy atom. The van der Waals surface area contributed by atoms with Crippen molar-refractivity contribution in [2.75, 3.05) is 22.9 Å². The van der Waals surface area contributed by atoms with Crippen LogP contribution >= 0.6 is 11.8 Å². The van der Waals surface area contributed by atoms with Crippen molar-refractivity contribution in [3.63, 3.8) is 0 Å². The lowest BCUT2D eigenvalue weighted by atomic mass is 10.1. The SMILES string of the molecule is CC(C(=O)NC(C)(C)C)N1CCSc2ccc(N)cc21. The van der Waals surface area contributed by atoms with Crippen LogP contribution in [0.15, 0.2) is 23.1 Å². The first-order valence-electron chi connectivity index (χ1n) is 6.89. The van der Waals surface area contributed by atoms with Gasteiger partial charge >= 0.3 is 0 Å². The number of rotatable bonds is 2. The fraction of sp³-hybridized carbons (Fsp3) is 0.533. The fourth-order valence-corrected chi connectivity index (χ4v) is 3.27. The minimum Gasteiger partial charge on any atom is -0.399 e. The van der Waals surface area contributed by atoms with Gasteiger partial charge in [-0.15, -0.1) is 11.8 Å². The van der Waals surface area contributed by atoms with Gasteiger partial charge in [-0.1, -0.05) is 0 Å². The molecule has 0 radical (unpaired) electrons. The first kappa shape index (κ1) is 15.0. The highest BCUT2D eigenvalue weighted by molar-refractivity contribution is 7.99. The van der Waals surface area contributed by atoms with Gasteiger partial charge < -0.3 is 16.0 Å². The van der Waals surface area contributed by atoms with Crippen LogP contribution in [0.5, 0.6) is 0 Å². The van der Waals surface area contributed by atoms with Crippen molar-refractivity contribution in [2.24, 2.45) is 0 Å². The number of carbonyl (C=O) groups is 1. The molecule has 0 aliphatic carbocycles. The van der Waals surface area contributed by atoms with E-state index in [1.165, 1.54) is 4.90 Å². The van der Waals surface area contributed by atoms with E-state index >= 15 is 0 Å². The molecule has 2 rings (SSSR count). The highest BCUT2D eigenvalue weighted by Crippen LogP contribution is 2.37. The maximum atomic E-state index is 12.4. The van der Waals surface area contributed by atoms with Gasteiger partial charge in [0.25, 0.3) is 0 Å². The number of hydrogen-bond donors (Lipinski definition) is 2. The Morgan fingerprint density at radius 2 is 2.15 bits per heavy atom. The van der Waals surface area contributed by atoms with Crippen LogP contribution < -0.4 is 16.0 Å². The standard InChI is InChI=1S/C15H23N3OS/c1-10(14(19)17-15(2,3)4)18-7-8-20-13-6-5-11(16)9-12(13)18/h5-6,9-10H,7-8,16H2,1-4H3,(H,17,19). The van der Waals surface area contributed by atoms with Crippen LogP contribution in [0.2, 0.25) is 0 Å². The van der Waals surface area contributed by atoms with Crippen LogP contribution in [0.4, 0.5) is 11.4 Å². The summed E-state index contributed by atoms with van der Waals surface area (Å²) in [7, 11) is 0. The molecule has 1 aromatic rings. The van der Waals surface area contributed by atoms with E-state index in [1.807, 2.05) is 57.7 Å². The number of hydrogen-bond acceptors (Lipinski definition) is 4. The fourth-order valence-electron chi connectivity index (χ4n) is 2.27. The van der Waals surface area contributed by atoms with E-state index < -0.39 is 0 Å². The molecule has 1 unspecified atom stereocenters. The maximum absolute atomic E-state index is 12.4. The summed E-state index contributed by atoms with van der Waals surface area (Å²) in [5, 5.41) is 3.04. The van der Waals surface area contributed by atoms with Gasteiger partial charge in [-0.05, 0) is 45.9 Å². The third-order valence-corrected chi connectivity index (χ3v) is 4.27. The molecule has 1 amide bonds. The Kier molecular flexibility index (Phi) is 4.18. The monoisotopic (exact) mass is 293 g/mol. The minimum atomic E-state index is -0.214. The average Bonchev–Trinajstić information content (AvgIpc) is 2.35. The van der Waals surface area contributed by atoms with E-state index in [2.05, 4.69) is 10.2 Å². The number of nitrogens with two attached hydrogens (primary N) is 1. The summed E-state index contributed by atoms with van der Waals surface area (Å²) in [5.74, 6) is 1.04. The lowest BCUT2D eigenvalue weighted by molar-refractivity contribution is -0.123. The molecular formula is C15H23N3OS. The summed E-state index contributed by atoms with van der Waals surface area (Å²) < 4.78 is 0. The van der Waals surface area contributed by atoms with Crippen molar-refractivity contribution in [3.8, 4) is 0 Å². The van der Waals surface area contributed by atoms with Gasteiger partial charge in [0.05, 0.1) is 5.69 Å². The first-order chi connectivity index (χ1) is 9.28. The highest BCUT2D eigenvalue weighted by atomic mass is 32.2. The number of thioether (sulfide) groups is 1. The zero-order chi connectivity index (χ0) is 14.9. The van der Waals surface area contributed by atoms with Crippen molar-refractivity contribution in [2.45, 2.75) is 44.2 Å². The Hall–Kier alpha value is -1.36. The van der Waals surface area contributed by atoms with E-state index in [-0.39, 0.29) is 17.5 Å². The first-order valence-corrected chi connectivity index (χ1v) is 7.87. The van der Waals surface area contributed by atoms with Crippen LogP contribution in [-0.2, 0) is 4.79 Å². The average molecular weight is 293 g/mol. The molecule has 0 saturated heterocycles. The van der Waals surface area contributed by atoms with Gasteiger partial charge in [0, 0.05) is 28.4 Å². The number of nitrogens with one attached hydrogen (secondary N) is 1. The van der Waals surface area contributed by atoms with Gasteiger partial charge in [0.15, 0.2) is 0 Å². The maximum Gasteiger partial charge on any atom is 0.242 e. The van der Waals surface area contributed by atoms with E-state index in [9.17, 15) is 4.79 Å². The molecule has 1 aliphatic heterocycles. The predicted molar refractivity (Wildman–Crippen MR) is 86.3 cm³/mol. The number of nitrogen functional groups attached to an aromatic ring is 1. The second-order valence-electron chi connectivity index (χ2n) is 6.18. The second kappa shape index (κ2) is 5.56. The highest BCUT2D eigenvalue weighted by Gasteiger charge is 2.28. The van der Waals surface area contributed by atoms with Crippen molar-refractivity contribution in [1.82, 2.24) is 5.32 Å². The van der Waals surface area contributed by atoms with E-state index in [1.54, 1.807) is 0 Å². The molecule has 110 valence electrons. The molecule has 4 nitrogen and oxygen atoms in total. The van der Waals surface area contributed by atoms with E-state index in [0.29, 0.717) is 0 Å². The van der Waals surface area contributed by atoms with Crippen LogP contribution in [0.3, 0.4) is 0 Å². The molecule has 1 atom stereocenters. The molecular weight excluding hydrogens is 270 g/mol. The summed E-state index contributed by atoms with van der Waals surface area (Å²) in [4.78, 5) is 15.7. The Bertz CT molecular complexity index is 510. The molecule has 3 N–H and O–H groups in total. The molecule has 1 heterocycles. The normalized spacial score (nSPS) is 16.5. The van der Waals surface area contributed by atoms with Crippen LogP contribution in [0.1, 0.15) is 27.7 Å². The van der Waals surface area contributed by atoms with Crippen molar-refractivity contribution >= 4 is 29.0 Å². The number of nitrogens with zero attached hydrogens (tertiary/aromatic N) is 1. The lowest BCUT2D eigenvalue weighted by Crippen LogP contribution is -2.52. The Labute approximate surface area is 125 Å². The van der Waals surface area contributed by atoms with Crippen LogP contribution in [0.25, 0.3) is 0 Å². The number of anilines is 2. The number of carbonyl (C=O) groups excluding carboxylic acids is 1. The third-order valence-electron chi connectivity index (χ3n) is 3.23. The van der Waals surface area contributed by atoms with E-state index in [4.69, 9.17) is 5.73 Å². The van der Waals surface area contributed by atoms with Gasteiger partial charge in [0.2, 0.25) is 5.91 Å². The molecule has 20 heavy (non-hydrogen) atoms. The third kappa shape index (κ3) is 3.39. The van der Waals surface area contributed by atoms with E-state index in [0.717, 1.165) is 23.7 Å². The number of fused-ring (bicyclic) bond motifs is 1. The molecule has 0 aromatic heterocycles. The topological polar surface area (TPSA) is 58.4 Å². The molecule has 0 saturated carbocycles.